The molecule has 0 aliphatic carbocycles. The SMILES string of the molecule is COCCOCCOCCOc1nccnc1C(=O)O. The van der Waals surface area contributed by atoms with Crippen LogP contribution in [0.3, 0.4) is 0 Å². The molecule has 0 aromatic carbocycles. The molecule has 0 atom stereocenters. The van der Waals surface area contributed by atoms with Crippen LogP contribution in [0, 0.1) is 0 Å². The molecule has 0 bridgehead atoms. The first-order chi connectivity index (χ1) is 9.75. The van der Waals surface area contributed by atoms with E-state index in [9.17, 15) is 4.79 Å². The minimum Gasteiger partial charge on any atom is -0.476 e. The highest BCUT2D eigenvalue weighted by Crippen LogP contribution is 2.10. The number of carbonyl (C=O) groups is 1. The van der Waals surface area contributed by atoms with Crippen LogP contribution in [-0.2, 0) is 14.2 Å². The Hall–Kier alpha value is -1.77. The molecule has 20 heavy (non-hydrogen) atoms. The molecule has 8 nitrogen and oxygen atoms in total. The summed E-state index contributed by atoms with van der Waals surface area (Å²) in [5.41, 5.74) is -0.213. The fourth-order valence-electron chi connectivity index (χ4n) is 1.24. The molecule has 0 aliphatic heterocycles. The minimum absolute atomic E-state index is 0.0139. The molecule has 0 radical (unpaired) electrons. The smallest absolute Gasteiger partial charge is 0.360 e. The van der Waals surface area contributed by atoms with E-state index in [1.54, 1.807) is 7.11 Å². The fraction of sp³-hybridized carbons (Fsp3) is 0.583. The normalized spacial score (nSPS) is 10.4. The predicted molar refractivity (Wildman–Crippen MR) is 68.0 cm³/mol. The van der Waals surface area contributed by atoms with Gasteiger partial charge in [0.15, 0.2) is 0 Å². The Morgan fingerprint density at radius 3 is 2.30 bits per heavy atom. The van der Waals surface area contributed by atoms with Crippen molar-refractivity contribution in [3.8, 4) is 5.88 Å². The molecule has 0 aliphatic rings. The quantitative estimate of drug-likeness (QED) is 0.577. The lowest BCUT2D eigenvalue weighted by atomic mass is 10.4. The van der Waals surface area contributed by atoms with Crippen molar-refractivity contribution in [3.05, 3.63) is 18.1 Å². The summed E-state index contributed by atoms with van der Waals surface area (Å²) in [7, 11) is 1.61. The monoisotopic (exact) mass is 286 g/mol. The van der Waals surface area contributed by atoms with Crippen LogP contribution in [0.1, 0.15) is 10.5 Å². The lowest BCUT2D eigenvalue weighted by Crippen LogP contribution is -2.14. The van der Waals surface area contributed by atoms with Crippen LogP contribution in [0.25, 0.3) is 0 Å². The van der Waals surface area contributed by atoms with E-state index in [0.29, 0.717) is 33.0 Å². The second-order valence-corrected chi connectivity index (χ2v) is 3.58. The largest absolute Gasteiger partial charge is 0.476 e. The van der Waals surface area contributed by atoms with E-state index >= 15 is 0 Å². The van der Waals surface area contributed by atoms with Gasteiger partial charge in [0.05, 0.1) is 33.0 Å². The number of nitrogens with zero attached hydrogens (tertiary/aromatic N) is 2. The van der Waals surface area contributed by atoms with Gasteiger partial charge in [-0.2, -0.15) is 0 Å². The molecule has 8 heteroatoms. The number of aromatic carboxylic acids is 1. The first-order valence-electron chi connectivity index (χ1n) is 6.07. The van der Waals surface area contributed by atoms with Gasteiger partial charge in [-0.15, -0.1) is 0 Å². The van der Waals surface area contributed by atoms with Crippen LogP contribution < -0.4 is 4.74 Å². The van der Waals surface area contributed by atoms with Gasteiger partial charge in [0.2, 0.25) is 11.6 Å². The molecule has 0 saturated heterocycles. The van der Waals surface area contributed by atoms with Gasteiger partial charge >= 0.3 is 5.97 Å². The van der Waals surface area contributed by atoms with Crippen molar-refractivity contribution in [2.75, 3.05) is 46.8 Å². The Bertz CT molecular complexity index is 401. The summed E-state index contributed by atoms with van der Waals surface area (Å²) < 4.78 is 20.5. The molecule has 0 amide bonds. The van der Waals surface area contributed by atoms with Gasteiger partial charge in [0.1, 0.15) is 6.61 Å². The Morgan fingerprint density at radius 2 is 1.65 bits per heavy atom. The van der Waals surface area contributed by atoms with Gasteiger partial charge in [0.25, 0.3) is 0 Å². The number of carboxylic acids is 1. The third-order valence-electron chi connectivity index (χ3n) is 2.14. The maximum Gasteiger partial charge on any atom is 0.360 e. The van der Waals surface area contributed by atoms with E-state index in [0.717, 1.165) is 0 Å². The van der Waals surface area contributed by atoms with Crippen molar-refractivity contribution in [2.45, 2.75) is 0 Å². The average molecular weight is 286 g/mol. The number of methoxy groups -OCH3 is 1. The molecule has 1 N–H and O–H groups in total. The summed E-state index contributed by atoms with van der Waals surface area (Å²) >= 11 is 0. The van der Waals surface area contributed by atoms with Crippen molar-refractivity contribution >= 4 is 5.97 Å². The van der Waals surface area contributed by atoms with Crippen molar-refractivity contribution in [1.29, 1.82) is 0 Å². The molecule has 0 unspecified atom stereocenters. The third-order valence-corrected chi connectivity index (χ3v) is 2.14. The van der Waals surface area contributed by atoms with Crippen LogP contribution in [0.2, 0.25) is 0 Å². The van der Waals surface area contributed by atoms with E-state index < -0.39 is 5.97 Å². The van der Waals surface area contributed by atoms with Crippen molar-refractivity contribution in [2.24, 2.45) is 0 Å². The number of hydrogen-bond donors (Lipinski definition) is 1. The standard InChI is InChI=1S/C12H18N2O6/c1-17-4-5-18-6-7-19-8-9-20-11-10(12(15)16)13-2-3-14-11/h2-3H,4-9H2,1H3,(H,15,16). The predicted octanol–water partition coefficient (Wildman–Crippen LogP) is 0.233. The summed E-state index contributed by atoms with van der Waals surface area (Å²) in [4.78, 5) is 18.3. The highest BCUT2D eigenvalue weighted by molar-refractivity contribution is 5.87. The van der Waals surface area contributed by atoms with Crippen LogP contribution >= 0.6 is 0 Å². The highest BCUT2D eigenvalue weighted by atomic mass is 16.6. The lowest BCUT2D eigenvalue weighted by Gasteiger charge is -2.08. The van der Waals surface area contributed by atoms with Crippen LogP contribution in [0.4, 0.5) is 0 Å². The maximum absolute atomic E-state index is 10.8. The molecule has 0 saturated carbocycles. The summed E-state index contributed by atoms with van der Waals surface area (Å²) in [5, 5.41) is 8.87. The zero-order valence-electron chi connectivity index (χ0n) is 11.3. The van der Waals surface area contributed by atoms with Crippen LogP contribution in [0.15, 0.2) is 12.4 Å². The molecule has 0 fully saturated rings. The van der Waals surface area contributed by atoms with Crippen molar-refractivity contribution in [3.63, 3.8) is 0 Å². The molecular formula is C12H18N2O6. The summed E-state index contributed by atoms with van der Waals surface area (Å²) in [6, 6.07) is 0. The summed E-state index contributed by atoms with van der Waals surface area (Å²) in [6.07, 6.45) is 2.66. The third kappa shape index (κ3) is 6.41. The highest BCUT2D eigenvalue weighted by Gasteiger charge is 2.13. The van der Waals surface area contributed by atoms with Gasteiger partial charge in [-0.1, -0.05) is 0 Å². The maximum atomic E-state index is 10.8. The Labute approximate surface area is 116 Å². The topological polar surface area (TPSA) is 100 Å². The summed E-state index contributed by atoms with van der Waals surface area (Å²) in [5.74, 6) is -1.19. The molecule has 112 valence electrons. The van der Waals surface area contributed by atoms with E-state index in [4.69, 9.17) is 24.1 Å². The van der Waals surface area contributed by atoms with Gasteiger partial charge in [-0.3, -0.25) is 0 Å². The molecule has 0 spiro atoms. The molecule has 1 rings (SSSR count). The van der Waals surface area contributed by atoms with Gasteiger partial charge < -0.3 is 24.1 Å². The number of aromatic nitrogens is 2. The molecule has 1 aromatic rings. The van der Waals surface area contributed by atoms with Gasteiger partial charge in [0, 0.05) is 19.5 Å². The number of carboxylic acid groups (broad SMARTS) is 1. The first-order valence-corrected chi connectivity index (χ1v) is 6.07. The summed E-state index contributed by atoms with van der Waals surface area (Å²) in [6.45, 7) is 2.47. The van der Waals surface area contributed by atoms with E-state index in [1.165, 1.54) is 12.4 Å². The molecule has 1 aromatic heterocycles. The molecule has 1 heterocycles. The number of rotatable bonds is 11. The lowest BCUT2D eigenvalue weighted by molar-refractivity contribution is 0.0175. The number of hydrogen-bond acceptors (Lipinski definition) is 7. The number of ether oxygens (including phenoxy) is 4. The van der Waals surface area contributed by atoms with Crippen molar-refractivity contribution in [1.82, 2.24) is 9.97 Å². The van der Waals surface area contributed by atoms with Gasteiger partial charge in [-0.05, 0) is 0 Å². The Kier molecular flexibility index (Phi) is 8.20. The van der Waals surface area contributed by atoms with Gasteiger partial charge in [-0.25, -0.2) is 14.8 Å². The first kappa shape index (κ1) is 16.3. The Balaban J connectivity index is 2.11. The van der Waals surface area contributed by atoms with E-state index in [2.05, 4.69) is 9.97 Å². The minimum atomic E-state index is -1.18. The van der Waals surface area contributed by atoms with E-state index in [-0.39, 0.29) is 18.2 Å². The second-order valence-electron chi connectivity index (χ2n) is 3.58. The fourth-order valence-corrected chi connectivity index (χ4v) is 1.24. The zero-order chi connectivity index (χ0) is 14.6. The van der Waals surface area contributed by atoms with Crippen molar-refractivity contribution < 1.29 is 28.8 Å². The average Bonchev–Trinajstić information content (AvgIpc) is 2.46. The second kappa shape index (κ2) is 10.1. The Morgan fingerprint density at radius 1 is 1.05 bits per heavy atom. The van der Waals surface area contributed by atoms with Crippen LogP contribution in [0.5, 0.6) is 5.88 Å². The van der Waals surface area contributed by atoms with Crippen LogP contribution in [-0.4, -0.2) is 67.8 Å². The van der Waals surface area contributed by atoms with E-state index in [1.807, 2.05) is 0 Å². The zero-order valence-corrected chi connectivity index (χ0v) is 11.3. The molecular weight excluding hydrogens is 268 g/mol.